The number of hydrogen-bond acceptors (Lipinski definition) is 2. The third kappa shape index (κ3) is 1.93. The lowest BCUT2D eigenvalue weighted by atomic mass is 10.2. The van der Waals surface area contributed by atoms with Crippen LogP contribution in [0.5, 0.6) is 0 Å². The first kappa shape index (κ1) is 9.45. The number of aromatic amines is 1. The van der Waals surface area contributed by atoms with E-state index < -0.39 is 0 Å². The highest BCUT2D eigenvalue weighted by Crippen LogP contribution is 2.04. The molecule has 3 nitrogen and oxygen atoms in total. The van der Waals surface area contributed by atoms with Crippen molar-refractivity contribution in [2.24, 2.45) is 0 Å². The summed E-state index contributed by atoms with van der Waals surface area (Å²) in [5.74, 6) is 0.615. The van der Waals surface area contributed by atoms with Crippen molar-refractivity contribution in [1.29, 1.82) is 0 Å². The number of rotatable bonds is 2. The summed E-state index contributed by atoms with van der Waals surface area (Å²) >= 11 is 0. The van der Waals surface area contributed by atoms with Crippen LogP contribution in [-0.2, 0) is 0 Å². The first-order valence-electron chi connectivity index (χ1n) is 4.05. The van der Waals surface area contributed by atoms with Gasteiger partial charge in [0.1, 0.15) is 5.82 Å². The van der Waals surface area contributed by atoms with E-state index in [1.54, 1.807) is 13.0 Å². The third-order valence-electron chi connectivity index (χ3n) is 1.63. The van der Waals surface area contributed by atoms with Crippen LogP contribution in [0, 0.1) is 6.92 Å². The van der Waals surface area contributed by atoms with Crippen LogP contribution in [0.25, 0.3) is 12.2 Å². The van der Waals surface area contributed by atoms with E-state index in [0.717, 1.165) is 0 Å². The van der Waals surface area contributed by atoms with Crippen molar-refractivity contribution in [3.8, 4) is 0 Å². The minimum absolute atomic E-state index is 0.143. The molecule has 0 aliphatic heterocycles. The third-order valence-corrected chi connectivity index (χ3v) is 1.63. The number of nitrogens with zero attached hydrogens (tertiary/aromatic N) is 1. The average molecular weight is 176 g/mol. The van der Waals surface area contributed by atoms with Gasteiger partial charge in [0.15, 0.2) is 0 Å². The van der Waals surface area contributed by atoms with Crippen LogP contribution in [0.4, 0.5) is 0 Å². The molecule has 1 heterocycles. The normalized spacial score (nSPS) is 10.6. The number of hydrogen-bond donors (Lipinski definition) is 1. The van der Waals surface area contributed by atoms with Gasteiger partial charge in [0.05, 0.1) is 11.3 Å². The molecule has 0 saturated carbocycles. The summed E-state index contributed by atoms with van der Waals surface area (Å²) in [6.07, 6.45) is 5.15. The highest BCUT2D eigenvalue weighted by Gasteiger charge is 2.02. The maximum atomic E-state index is 11.4. The van der Waals surface area contributed by atoms with Crippen LogP contribution in [0.1, 0.15) is 24.0 Å². The van der Waals surface area contributed by atoms with Crippen molar-refractivity contribution in [3.63, 3.8) is 0 Å². The Labute approximate surface area is 76.8 Å². The summed E-state index contributed by atoms with van der Waals surface area (Å²) in [5.41, 5.74) is 1.04. The van der Waals surface area contributed by atoms with Crippen LogP contribution >= 0.6 is 0 Å². The lowest BCUT2D eigenvalue weighted by Crippen LogP contribution is -2.14. The van der Waals surface area contributed by atoms with Crippen molar-refractivity contribution in [2.45, 2.75) is 13.8 Å². The fourth-order valence-corrected chi connectivity index (χ4v) is 1.10. The highest BCUT2D eigenvalue weighted by atomic mass is 16.1. The molecule has 0 fully saturated rings. The number of aryl methyl sites for hydroxylation is 1. The zero-order valence-corrected chi connectivity index (χ0v) is 7.79. The van der Waals surface area contributed by atoms with E-state index in [0.29, 0.717) is 17.1 Å². The van der Waals surface area contributed by atoms with Gasteiger partial charge in [0, 0.05) is 0 Å². The number of nitrogens with one attached hydrogen (secondary N) is 1. The number of aromatic nitrogens is 2. The minimum Gasteiger partial charge on any atom is -0.310 e. The van der Waals surface area contributed by atoms with E-state index in [1.165, 1.54) is 6.08 Å². The molecular formula is C10H12N2O. The van der Waals surface area contributed by atoms with E-state index >= 15 is 0 Å². The topological polar surface area (TPSA) is 45.8 Å². The first-order chi connectivity index (χ1) is 6.19. The molecule has 1 aromatic heterocycles. The van der Waals surface area contributed by atoms with E-state index in [-0.39, 0.29) is 5.56 Å². The Kier molecular flexibility index (Phi) is 2.80. The average Bonchev–Trinajstić information content (AvgIpc) is 2.04. The van der Waals surface area contributed by atoms with Gasteiger partial charge in [-0.05, 0) is 19.9 Å². The molecule has 0 saturated heterocycles. The molecule has 0 unspecified atom stereocenters. The molecule has 13 heavy (non-hydrogen) atoms. The predicted octanol–water partition coefficient (Wildman–Crippen LogP) is 1.75. The first-order valence-corrected chi connectivity index (χ1v) is 4.05. The van der Waals surface area contributed by atoms with Crippen LogP contribution in [0.3, 0.4) is 0 Å². The summed E-state index contributed by atoms with van der Waals surface area (Å²) in [5, 5.41) is 0. The van der Waals surface area contributed by atoms with Crippen LogP contribution < -0.4 is 5.56 Å². The van der Waals surface area contributed by atoms with E-state index in [2.05, 4.69) is 16.5 Å². The monoisotopic (exact) mass is 176 g/mol. The zero-order valence-electron chi connectivity index (χ0n) is 7.79. The molecule has 0 atom stereocenters. The predicted molar refractivity (Wildman–Crippen MR) is 54.4 cm³/mol. The summed E-state index contributed by atoms with van der Waals surface area (Å²) in [7, 11) is 0. The largest absolute Gasteiger partial charge is 0.310 e. The van der Waals surface area contributed by atoms with Gasteiger partial charge in [-0.1, -0.05) is 18.7 Å². The Morgan fingerprint density at radius 1 is 1.54 bits per heavy atom. The van der Waals surface area contributed by atoms with Gasteiger partial charge in [0.2, 0.25) is 0 Å². The Balaban J connectivity index is 3.47. The molecular weight excluding hydrogens is 164 g/mol. The van der Waals surface area contributed by atoms with Crippen molar-refractivity contribution in [2.75, 3.05) is 0 Å². The van der Waals surface area contributed by atoms with E-state index in [4.69, 9.17) is 0 Å². The Bertz CT molecular complexity index is 402. The fourth-order valence-electron chi connectivity index (χ4n) is 1.10. The van der Waals surface area contributed by atoms with Crippen LogP contribution in [0.15, 0.2) is 17.4 Å². The smallest absolute Gasteiger partial charge is 0.258 e. The van der Waals surface area contributed by atoms with Crippen molar-refractivity contribution in [3.05, 3.63) is 40.1 Å². The second kappa shape index (κ2) is 3.85. The molecule has 0 bridgehead atoms. The van der Waals surface area contributed by atoms with Crippen LogP contribution in [0.2, 0.25) is 0 Å². The Morgan fingerprint density at radius 3 is 2.77 bits per heavy atom. The molecule has 68 valence electrons. The van der Waals surface area contributed by atoms with Gasteiger partial charge in [0.25, 0.3) is 5.56 Å². The number of allylic oxidation sites excluding steroid dienone is 1. The van der Waals surface area contributed by atoms with Gasteiger partial charge >= 0.3 is 0 Å². The Morgan fingerprint density at radius 2 is 2.23 bits per heavy atom. The van der Waals surface area contributed by atoms with Crippen LogP contribution in [-0.4, -0.2) is 9.97 Å². The fraction of sp³-hybridized carbons (Fsp3) is 0.200. The Hall–Kier alpha value is -1.64. The molecule has 1 rings (SSSR count). The molecule has 0 radical (unpaired) electrons. The van der Waals surface area contributed by atoms with Gasteiger partial charge < -0.3 is 4.98 Å². The lowest BCUT2D eigenvalue weighted by Gasteiger charge is -1.99. The zero-order chi connectivity index (χ0) is 9.84. The second-order valence-corrected chi connectivity index (χ2v) is 2.65. The second-order valence-electron chi connectivity index (χ2n) is 2.65. The molecule has 0 aliphatic rings. The number of H-pyrrole nitrogens is 1. The van der Waals surface area contributed by atoms with Gasteiger partial charge in [-0.2, -0.15) is 0 Å². The molecule has 0 spiro atoms. The summed E-state index contributed by atoms with van der Waals surface area (Å²) < 4.78 is 0. The maximum Gasteiger partial charge on any atom is 0.258 e. The van der Waals surface area contributed by atoms with Gasteiger partial charge in [-0.25, -0.2) is 4.98 Å². The molecule has 1 N–H and O–H groups in total. The molecule has 0 amide bonds. The molecule has 0 aromatic carbocycles. The minimum atomic E-state index is -0.143. The molecule has 1 aromatic rings. The quantitative estimate of drug-likeness (QED) is 0.746. The van der Waals surface area contributed by atoms with Crippen molar-refractivity contribution in [1.82, 2.24) is 9.97 Å². The molecule has 0 aliphatic carbocycles. The SMILES string of the molecule is C=Cc1c(/C=C\C)nc(C)[nH]c1=O. The standard InChI is InChI=1S/C10H12N2O/c1-4-6-9-8(5-2)10(13)12-7(3)11-9/h4-6H,2H2,1,3H3,(H,11,12,13)/b6-4-. The van der Waals surface area contributed by atoms with Crippen molar-refractivity contribution >= 4 is 12.2 Å². The van der Waals surface area contributed by atoms with E-state index in [9.17, 15) is 4.79 Å². The van der Waals surface area contributed by atoms with Crippen molar-refractivity contribution < 1.29 is 0 Å². The lowest BCUT2D eigenvalue weighted by molar-refractivity contribution is 1.00. The van der Waals surface area contributed by atoms with Gasteiger partial charge in [-0.3, -0.25) is 4.79 Å². The highest BCUT2D eigenvalue weighted by molar-refractivity contribution is 5.60. The molecule has 3 heteroatoms. The van der Waals surface area contributed by atoms with Gasteiger partial charge in [-0.15, -0.1) is 0 Å². The summed E-state index contributed by atoms with van der Waals surface area (Å²) in [6, 6.07) is 0. The van der Waals surface area contributed by atoms with E-state index in [1.807, 2.05) is 13.0 Å². The summed E-state index contributed by atoms with van der Waals surface area (Å²) in [6.45, 7) is 7.20. The maximum absolute atomic E-state index is 11.4. The summed E-state index contributed by atoms with van der Waals surface area (Å²) in [4.78, 5) is 18.2.